The lowest BCUT2D eigenvalue weighted by molar-refractivity contribution is 0.597. The van der Waals surface area contributed by atoms with Gasteiger partial charge in [-0.25, -0.2) is 12.8 Å². The van der Waals surface area contributed by atoms with Crippen molar-refractivity contribution in [3.8, 4) is 0 Å². The minimum absolute atomic E-state index is 0.0315. The van der Waals surface area contributed by atoms with Crippen LogP contribution >= 0.6 is 11.3 Å². The van der Waals surface area contributed by atoms with Gasteiger partial charge in [0.1, 0.15) is 10.7 Å². The predicted molar refractivity (Wildman–Crippen MR) is 83.8 cm³/mol. The van der Waals surface area contributed by atoms with Crippen molar-refractivity contribution in [1.29, 1.82) is 0 Å². The molecule has 0 unspecified atom stereocenters. The number of hydrogen-bond donors (Lipinski definition) is 2. The van der Waals surface area contributed by atoms with E-state index in [1.807, 2.05) is 0 Å². The summed E-state index contributed by atoms with van der Waals surface area (Å²) < 4.78 is 41.2. The van der Waals surface area contributed by atoms with E-state index < -0.39 is 15.8 Å². The second kappa shape index (κ2) is 6.13. The molecule has 1 aromatic carbocycles. The molecule has 4 nitrogen and oxygen atoms in total. The van der Waals surface area contributed by atoms with Crippen LogP contribution in [0, 0.1) is 19.7 Å². The summed E-state index contributed by atoms with van der Waals surface area (Å²) in [6.45, 7) is 3.96. The Balaban J connectivity index is 2.43. The van der Waals surface area contributed by atoms with Crippen molar-refractivity contribution in [2.75, 3.05) is 11.8 Å². The van der Waals surface area contributed by atoms with Gasteiger partial charge < -0.3 is 5.32 Å². The van der Waals surface area contributed by atoms with Crippen molar-refractivity contribution >= 4 is 27.0 Å². The van der Waals surface area contributed by atoms with Gasteiger partial charge in [-0.05, 0) is 49.5 Å². The fourth-order valence-corrected chi connectivity index (χ4v) is 4.93. The van der Waals surface area contributed by atoms with E-state index in [0.29, 0.717) is 17.0 Å². The van der Waals surface area contributed by atoms with Crippen LogP contribution in [0.4, 0.5) is 10.1 Å². The summed E-state index contributed by atoms with van der Waals surface area (Å²) in [5, 5.41) is 4.72. The van der Waals surface area contributed by atoms with E-state index in [0.717, 1.165) is 5.56 Å². The molecule has 0 bridgehead atoms. The van der Waals surface area contributed by atoms with Gasteiger partial charge >= 0.3 is 0 Å². The number of hydrogen-bond acceptors (Lipinski definition) is 4. The van der Waals surface area contributed by atoms with Gasteiger partial charge in [0.25, 0.3) is 10.0 Å². The van der Waals surface area contributed by atoms with E-state index >= 15 is 0 Å². The second-order valence-electron chi connectivity index (χ2n) is 4.79. The third kappa shape index (κ3) is 3.42. The monoisotopic (exact) mass is 328 g/mol. The Kier molecular flexibility index (Phi) is 4.65. The van der Waals surface area contributed by atoms with Gasteiger partial charge in [0, 0.05) is 11.4 Å². The van der Waals surface area contributed by atoms with Crippen LogP contribution in [0.5, 0.6) is 0 Å². The van der Waals surface area contributed by atoms with Crippen molar-refractivity contribution in [2.24, 2.45) is 0 Å². The smallest absolute Gasteiger partial charge is 0.263 e. The molecule has 0 aliphatic carbocycles. The van der Waals surface area contributed by atoms with Crippen LogP contribution in [0.3, 0.4) is 0 Å². The molecule has 7 heteroatoms. The minimum atomic E-state index is -3.81. The first-order valence-corrected chi connectivity index (χ1v) is 8.72. The standard InChI is InChI=1S/C14H17FN2O2S2/c1-9-4-5-11(15)12(6-9)17-21(18,19)14-10(2)8-20-13(14)7-16-3/h4-6,8,16-17H,7H2,1-3H3. The summed E-state index contributed by atoms with van der Waals surface area (Å²) in [6, 6.07) is 4.32. The molecule has 21 heavy (non-hydrogen) atoms. The molecule has 0 aliphatic rings. The molecule has 2 rings (SSSR count). The number of sulfonamides is 1. The molecule has 0 amide bonds. The molecule has 0 aliphatic heterocycles. The van der Waals surface area contributed by atoms with Crippen molar-refractivity contribution < 1.29 is 12.8 Å². The van der Waals surface area contributed by atoms with Crippen LogP contribution in [0.15, 0.2) is 28.5 Å². The Labute approximate surface area is 128 Å². The predicted octanol–water partition coefficient (Wildman–Crippen LogP) is 3.02. The van der Waals surface area contributed by atoms with E-state index in [1.54, 1.807) is 32.3 Å². The Bertz CT molecular complexity index is 754. The van der Waals surface area contributed by atoms with E-state index in [-0.39, 0.29) is 10.6 Å². The zero-order chi connectivity index (χ0) is 15.6. The molecule has 1 aromatic heterocycles. The molecule has 0 saturated heterocycles. The molecule has 0 atom stereocenters. The molecule has 0 radical (unpaired) electrons. The summed E-state index contributed by atoms with van der Waals surface area (Å²) >= 11 is 1.37. The highest BCUT2D eigenvalue weighted by Gasteiger charge is 2.23. The summed E-state index contributed by atoms with van der Waals surface area (Å²) in [6.07, 6.45) is 0. The molecular weight excluding hydrogens is 311 g/mol. The largest absolute Gasteiger partial charge is 0.315 e. The molecule has 0 fully saturated rings. The first-order chi connectivity index (χ1) is 9.85. The second-order valence-corrected chi connectivity index (χ2v) is 7.37. The fourth-order valence-electron chi connectivity index (χ4n) is 2.04. The number of halogens is 1. The average Bonchev–Trinajstić information content (AvgIpc) is 2.76. The van der Waals surface area contributed by atoms with Crippen LogP contribution in [-0.2, 0) is 16.6 Å². The Morgan fingerprint density at radius 2 is 2.00 bits per heavy atom. The third-order valence-corrected chi connectivity index (χ3v) is 5.79. The number of aryl methyl sites for hydroxylation is 2. The van der Waals surface area contributed by atoms with Gasteiger partial charge in [0.05, 0.1) is 5.69 Å². The van der Waals surface area contributed by atoms with Gasteiger partial charge in [0.15, 0.2) is 0 Å². The quantitative estimate of drug-likeness (QED) is 0.887. The van der Waals surface area contributed by atoms with Gasteiger partial charge in [-0.15, -0.1) is 11.3 Å². The van der Waals surface area contributed by atoms with Crippen LogP contribution in [0.1, 0.15) is 16.0 Å². The Hall–Kier alpha value is -1.44. The lowest BCUT2D eigenvalue weighted by Crippen LogP contribution is -2.17. The van der Waals surface area contributed by atoms with Crippen LogP contribution in [0.2, 0.25) is 0 Å². The molecule has 114 valence electrons. The maximum atomic E-state index is 13.8. The molecule has 0 saturated carbocycles. The molecular formula is C14H17FN2O2S2. The topological polar surface area (TPSA) is 58.2 Å². The van der Waals surface area contributed by atoms with Crippen LogP contribution in [0.25, 0.3) is 0 Å². The maximum absolute atomic E-state index is 13.8. The third-order valence-electron chi connectivity index (χ3n) is 2.96. The number of benzene rings is 1. The molecule has 2 aromatic rings. The summed E-state index contributed by atoms with van der Waals surface area (Å²) in [7, 11) is -2.06. The van der Waals surface area contributed by atoms with E-state index in [4.69, 9.17) is 0 Å². The van der Waals surface area contributed by atoms with Crippen molar-refractivity contribution in [3.63, 3.8) is 0 Å². The fraction of sp³-hybridized carbons (Fsp3) is 0.286. The number of thiophene rings is 1. The van der Waals surface area contributed by atoms with Crippen LogP contribution < -0.4 is 10.0 Å². The highest BCUT2D eigenvalue weighted by atomic mass is 32.2. The number of anilines is 1. The lowest BCUT2D eigenvalue weighted by Gasteiger charge is -2.11. The normalized spacial score (nSPS) is 11.6. The molecule has 0 spiro atoms. The highest BCUT2D eigenvalue weighted by molar-refractivity contribution is 7.93. The zero-order valence-corrected chi connectivity index (χ0v) is 13.7. The van der Waals surface area contributed by atoms with Crippen LogP contribution in [-0.4, -0.2) is 15.5 Å². The molecule has 2 N–H and O–H groups in total. The van der Waals surface area contributed by atoms with Crippen molar-refractivity contribution in [1.82, 2.24) is 5.32 Å². The summed E-state index contributed by atoms with van der Waals surface area (Å²) in [5.74, 6) is -0.591. The minimum Gasteiger partial charge on any atom is -0.315 e. The summed E-state index contributed by atoms with van der Waals surface area (Å²) in [4.78, 5) is 0.929. The zero-order valence-electron chi connectivity index (χ0n) is 12.0. The van der Waals surface area contributed by atoms with Gasteiger partial charge in [-0.1, -0.05) is 6.07 Å². The van der Waals surface area contributed by atoms with Gasteiger partial charge in [-0.3, -0.25) is 4.72 Å². The SMILES string of the molecule is CNCc1scc(C)c1S(=O)(=O)Nc1cc(C)ccc1F. The van der Waals surface area contributed by atoms with Crippen molar-refractivity contribution in [2.45, 2.75) is 25.3 Å². The van der Waals surface area contributed by atoms with Gasteiger partial charge in [-0.2, -0.15) is 0 Å². The van der Waals surface area contributed by atoms with Gasteiger partial charge in [0.2, 0.25) is 0 Å². The summed E-state index contributed by atoms with van der Waals surface area (Å²) in [5.41, 5.74) is 1.41. The Morgan fingerprint density at radius 3 is 2.67 bits per heavy atom. The lowest BCUT2D eigenvalue weighted by atomic mass is 10.2. The van der Waals surface area contributed by atoms with E-state index in [9.17, 15) is 12.8 Å². The first kappa shape index (κ1) is 15.9. The highest BCUT2D eigenvalue weighted by Crippen LogP contribution is 2.29. The molecule has 1 heterocycles. The maximum Gasteiger partial charge on any atom is 0.263 e. The van der Waals surface area contributed by atoms with E-state index in [2.05, 4.69) is 10.0 Å². The van der Waals surface area contributed by atoms with E-state index in [1.165, 1.54) is 23.5 Å². The average molecular weight is 328 g/mol. The first-order valence-electron chi connectivity index (χ1n) is 6.35. The number of nitrogens with one attached hydrogen (secondary N) is 2. The Morgan fingerprint density at radius 1 is 1.29 bits per heavy atom. The van der Waals surface area contributed by atoms with Crippen molar-refractivity contribution in [3.05, 3.63) is 45.4 Å². The number of rotatable bonds is 5.